The molecule has 1 aliphatic heterocycles. The molecule has 0 spiro atoms. The van der Waals surface area contributed by atoms with Gasteiger partial charge in [0.2, 0.25) is 0 Å². The lowest BCUT2D eigenvalue weighted by atomic mass is 9.97. The highest BCUT2D eigenvalue weighted by atomic mass is 19.1. The lowest BCUT2D eigenvalue weighted by molar-refractivity contribution is -0.118. The van der Waals surface area contributed by atoms with Crippen LogP contribution >= 0.6 is 0 Å². The molecule has 0 saturated heterocycles. The minimum Gasteiger partial charge on any atom is -0.483 e. The van der Waals surface area contributed by atoms with Crippen LogP contribution in [0.4, 0.5) is 10.1 Å². The van der Waals surface area contributed by atoms with Crippen LogP contribution in [0.15, 0.2) is 72.8 Å². The van der Waals surface area contributed by atoms with Gasteiger partial charge < -0.3 is 15.0 Å². The number of amides is 2. The molecule has 1 N–H and O–H groups in total. The molecule has 0 atom stereocenters. The Morgan fingerprint density at radius 2 is 1.77 bits per heavy atom. The van der Waals surface area contributed by atoms with Crippen molar-refractivity contribution in [2.45, 2.75) is 13.0 Å². The van der Waals surface area contributed by atoms with E-state index in [9.17, 15) is 14.0 Å². The van der Waals surface area contributed by atoms with E-state index in [2.05, 4.69) is 5.32 Å². The third-order valence-corrected chi connectivity index (χ3v) is 5.02. The Labute approximate surface area is 174 Å². The maximum atomic E-state index is 14.0. The first-order valence-corrected chi connectivity index (χ1v) is 9.74. The first-order valence-electron chi connectivity index (χ1n) is 9.74. The van der Waals surface area contributed by atoms with Crippen molar-refractivity contribution in [3.05, 3.63) is 95.3 Å². The van der Waals surface area contributed by atoms with Crippen molar-refractivity contribution in [3.63, 3.8) is 0 Å². The van der Waals surface area contributed by atoms with Crippen LogP contribution in [0.1, 0.15) is 21.5 Å². The Kier molecular flexibility index (Phi) is 5.75. The second-order valence-corrected chi connectivity index (χ2v) is 7.05. The molecule has 30 heavy (non-hydrogen) atoms. The van der Waals surface area contributed by atoms with Gasteiger partial charge in [0.05, 0.1) is 0 Å². The Hall–Kier alpha value is -3.67. The predicted molar refractivity (Wildman–Crippen MR) is 112 cm³/mol. The fourth-order valence-electron chi connectivity index (χ4n) is 3.52. The second kappa shape index (κ2) is 8.78. The van der Waals surface area contributed by atoms with Gasteiger partial charge in [-0.05, 0) is 36.8 Å². The monoisotopic (exact) mass is 404 g/mol. The van der Waals surface area contributed by atoms with Crippen LogP contribution in [0.2, 0.25) is 0 Å². The number of hydrogen-bond donors (Lipinski definition) is 1. The predicted octanol–water partition coefficient (Wildman–Crippen LogP) is 4.04. The van der Waals surface area contributed by atoms with Gasteiger partial charge in [-0.25, -0.2) is 4.39 Å². The summed E-state index contributed by atoms with van der Waals surface area (Å²) < 4.78 is 19.7. The molecule has 152 valence electrons. The van der Waals surface area contributed by atoms with Gasteiger partial charge in [-0.2, -0.15) is 0 Å². The Morgan fingerprint density at radius 3 is 2.57 bits per heavy atom. The quantitative estimate of drug-likeness (QED) is 0.675. The maximum Gasteiger partial charge on any atom is 0.262 e. The third-order valence-electron chi connectivity index (χ3n) is 5.02. The third kappa shape index (κ3) is 4.33. The first-order chi connectivity index (χ1) is 14.6. The highest BCUT2D eigenvalue weighted by Crippen LogP contribution is 2.29. The molecular weight excluding hydrogens is 383 g/mol. The number of hydrogen-bond acceptors (Lipinski definition) is 3. The largest absolute Gasteiger partial charge is 0.483 e. The zero-order chi connectivity index (χ0) is 20.9. The molecule has 6 heteroatoms. The van der Waals surface area contributed by atoms with Crippen molar-refractivity contribution in [1.82, 2.24) is 4.90 Å². The summed E-state index contributed by atoms with van der Waals surface area (Å²) in [7, 11) is 0. The summed E-state index contributed by atoms with van der Waals surface area (Å²) in [5, 5.41) is 2.77. The van der Waals surface area contributed by atoms with E-state index in [1.807, 2.05) is 18.2 Å². The van der Waals surface area contributed by atoms with Crippen LogP contribution in [-0.2, 0) is 17.8 Å². The van der Waals surface area contributed by atoms with Crippen molar-refractivity contribution >= 4 is 17.5 Å². The number of halogens is 1. The summed E-state index contributed by atoms with van der Waals surface area (Å²) in [5.41, 5.74) is 2.48. The maximum absolute atomic E-state index is 14.0. The molecule has 3 aromatic carbocycles. The molecule has 0 fully saturated rings. The van der Waals surface area contributed by atoms with E-state index in [0.29, 0.717) is 35.5 Å². The average Bonchev–Trinajstić information content (AvgIpc) is 2.76. The lowest BCUT2D eigenvalue weighted by Crippen LogP contribution is -2.37. The summed E-state index contributed by atoms with van der Waals surface area (Å²) >= 11 is 0. The van der Waals surface area contributed by atoms with Crippen molar-refractivity contribution in [1.29, 1.82) is 0 Å². The van der Waals surface area contributed by atoms with Gasteiger partial charge in [0, 0.05) is 35.5 Å². The van der Waals surface area contributed by atoms with E-state index in [1.54, 1.807) is 53.4 Å². The molecule has 1 aliphatic rings. The normalized spacial score (nSPS) is 13.0. The minimum atomic E-state index is -0.322. The van der Waals surface area contributed by atoms with Crippen LogP contribution in [0, 0.1) is 5.82 Å². The van der Waals surface area contributed by atoms with Gasteiger partial charge in [-0.3, -0.25) is 9.59 Å². The van der Waals surface area contributed by atoms with E-state index < -0.39 is 0 Å². The van der Waals surface area contributed by atoms with Crippen molar-refractivity contribution in [3.8, 4) is 5.75 Å². The Bertz CT molecular complexity index is 1070. The van der Waals surface area contributed by atoms with E-state index in [-0.39, 0.29) is 30.8 Å². The van der Waals surface area contributed by atoms with Crippen LogP contribution in [0.3, 0.4) is 0 Å². The number of carbonyl (C=O) groups excluding carboxylic acids is 2. The SMILES string of the molecule is O=C(COc1cccc2c1CCN(Cc1ccccc1F)C2=O)Nc1ccccc1. The van der Waals surface area contributed by atoms with Gasteiger partial charge in [0.25, 0.3) is 11.8 Å². The molecule has 0 radical (unpaired) electrons. The molecule has 2 amide bonds. The highest BCUT2D eigenvalue weighted by Gasteiger charge is 2.27. The molecular formula is C24H21FN2O3. The Balaban J connectivity index is 1.44. The van der Waals surface area contributed by atoms with E-state index in [1.165, 1.54) is 6.07 Å². The van der Waals surface area contributed by atoms with Crippen LogP contribution in [0.25, 0.3) is 0 Å². The number of benzene rings is 3. The molecule has 0 unspecified atom stereocenters. The molecule has 1 heterocycles. The zero-order valence-electron chi connectivity index (χ0n) is 16.3. The van der Waals surface area contributed by atoms with Gasteiger partial charge in [0.1, 0.15) is 11.6 Å². The molecule has 3 aromatic rings. The number of ether oxygens (including phenoxy) is 1. The molecule has 4 rings (SSSR count). The number of nitrogens with one attached hydrogen (secondary N) is 1. The number of para-hydroxylation sites is 1. The zero-order valence-corrected chi connectivity index (χ0v) is 16.3. The molecule has 0 aliphatic carbocycles. The number of nitrogens with zero attached hydrogens (tertiary/aromatic N) is 1. The number of anilines is 1. The first kappa shape index (κ1) is 19.6. The fraction of sp³-hybridized carbons (Fsp3) is 0.167. The van der Waals surface area contributed by atoms with Crippen LogP contribution in [0.5, 0.6) is 5.75 Å². The van der Waals surface area contributed by atoms with E-state index >= 15 is 0 Å². The summed E-state index contributed by atoms with van der Waals surface area (Å²) in [4.78, 5) is 26.7. The number of carbonyl (C=O) groups is 2. The molecule has 5 nitrogen and oxygen atoms in total. The van der Waals surface area contributed by atoms with Crippen molar-refractivity contribution in [2.75, 3.05) is 18.5 Å². The minimum absolute atomic E-state index is 0.154. The van der Waals surface area contributed by atoms with Gasteiger partial charge in [0.15, 0.2) is 6.61 Å². The van der Waals surface area contributed by atoms with Crippen LogP contribution < -0.4 is 10.1 Å². The number of rotatable bonds is 6. The fourth-order valence-corrected chi connectivity index (χ4v) is 3.52. The van der Waals surface area contributed by atoms with Crippen molar-refractivity contribution < 1.29 is 18.7 Å². The average molecular weight is 404 g/mol. The summed E-state index contributed by atoms with van der Waals surface area (Å²) in [6.45, 7) is 0.519. The standard InChI is InChI=1S/C24H21FN2O3/c25-21-11-5-4-7-17(21)15-27-14-13-19-20(24(27)29)10-6-12-22(19)30-16-23(28)26-18-8-2-1-3-9-18/h1-12H,13-16H2,(H,26,28). The molecule has 0 aromatic heterocycles. The smallest absolute Gasteiger partial charge is 0.262 e. The molecule has 0 saturated carbocycles. The summed E-state index contributed by atoms with van der Waals surface area (Å²) in [6, 6.07) is 20.8. The lowest BCUT2D eigenvalue weighted by Gasteiger charge is -2.29. The number of fused-ring (bicyclic) bond motifs is 1. The Morgan fingerprint density at radius 1 is 1.00 bits per heavy atom. The van der Waals surface area contributed by atoms with Gasteiger partial charge in [-0.15, -0.1) is 0 Å². The van der Waals surface area contributed by atoms with Crippen molar-refractivity contribution in [2.24, 2.45) is 0 Å². The highest BCUT2D eigenvalue weighted by molar-refractivity contribution is 5.97. The summed E-state index contributed by atoms with van der Waals surface area (Å²) in [5.74, 6) is -0.243. The van der Waals surface area contributed by atoms with Crippen LogP contribution in [-0.4, -0.2) is 29.9 Å². The summed E-state index contributed by atoms with van der Waals surface area (Å²) in [6.07, 6.45) is 0.575. The topological polar surface area (TPSA) is 58.6 Å². The van der Waals surface area contributed by atoms with Gasteiger partial charge in [-0.1, -0.05) is 42.5 Å². The van der Waals surface area contributed by atoms with E-state index in [4.69, 9.17) is 4.74 Å². The van der Waals surface area contributed by atoms with E-state index in [0.717, 1.165) is 5.56 Å². The van der Waals surface area contributed by atoms with Gasteiger partial charge >= 0.3 is 0 Å². The molecule has 0 bridgehead atoms. The second-order valence-electron chi connectivity index (χ2n) is 7.05.